The largest absolute Gasteiger partial charge is 0.379 e. The molecule has 0 spiro atoms. The lowest BCUT2D eigenvalue weighted by Gasteiger charge is -2.10. The topological polar surface area (TPSA) is 55.1 Å². The number of amides is 1. The Morgan fingerprint density at radius 1 is 1.89 bits per heavy atom. The molecule has 0 atom stereocenters. The van der Waals surface area contributed by atoms with E-state index in [1.165, 1.54) is 0 Å². The highest BCUT2D eigenvalue weighted by Crippen LogP contribution is 2.08. The van der Waals surface area contributed by atoms with E-state index in [-0.39, 0.29) is 5.91 Å². The molecule has 0 unspecified atom stereocenters. The summed E-state index contributed by atoms with van der Waals surface area (Å²) in [7, 11) is 0. The van der Waals surface area contributed by atoms with Crippen molar-refractivity contribution >= 4 is 17.7 Å². The molecule has 4 heteroatoms. The van der Waals surface area contributed by atoms with Gasteiger partial charge in [0.1, 0.15) is 5.70 Å². The molecule has 0 aliphatic carbocycles. The third-order valence-electron chi connectivity index (χ3n) is 1.00. The fourth-order valence-corrected chi connectivity index (χ4v) is 1.28. The molecular weight excluding hydrogens is 136 g/mol. The Labute approximate surface area is 57.7 Å². The van der Waals surface area contributed by atoms with Gasteiger partial charge < -0.3 is 11.1 Å². The molecule has 3 nitrogen and oxygen atoms in total. The number of carbonyl (C=O) groups excluding carboxylic acids is 1. The van der Waals surface area contributed by atoms with Crippen LogP contribution in [0.3, 0.4) is 0 Å². The Kier molecular flexibility index (Phi) is 2.00. The van der Waals surface area contributed by atoms with Crippen LogP contribution in [0.4, 0.5) is 0 Å². The van der Waals surface area contributed by atoms with Crippen molar-refractivity contribution in [3.05, 3.63) is 11.1 Å². The molecular formula is C5H8N2OS. The van der Waals surface area contributed by atoms with Crippen molar-refractivity contribution < 1.29 is 4.79 Å². The van der Waals surface area contributed by atoms with E-state index in [9.17, 15) is 4.79 Å². The smallest absolute Gasteiger partial charge is 0.265 e. The molecule has 0 saturated heterocycles. The number of carbonyl (C=O) groups is 1. The van der Waals surface area contributed by atoms with Gasteiger partial charge in [-0.1, -0.05) is 0 Å². The summed E-state index contributed by atoms with van der Waals surface area (Å²) in [6.07, 6.45) is 0. The lowest BCUT2D eigenvalue weighted by atomic mass is 10.4. The predicted octanol–water partition coefficient (Wildman–Crippen LogP) is -0.350. The van der Waals surface area contributed by atoms with Gasteiger partial charge in [0.05, 0.1) is 0 Å². The summed E-state index contributed by atoms with van der Waals surface area (Å²) in [4.78, 5) is 10.4. The van der Waals surface area contributed by atoms with Crippen molar-refractivity contribution in [2.45, 2.75) is 0 Å². The average molecular weight is 144 g/mol. The predicted molar refractivity (Wildman–Crippen MR) is 37.7 cm³/mol. The number of hydrogen-bond donors (Lipinski definition) is 2. The second-order valence-electron chi connectivity index (χ2n) is 1.69. The molecule has 1 amide bonds. The van der Waals surface area contributed by atoms with Crippen molar-refractivity contribution in [3.8, 4) is 0 Å². The van der Waals surface area contributed by atoms with Crippen LogP contribution in [0.5, 0.6) is 0 Å². The van der Waals surface area contributed by atoms with Gasteiger partial charge in [-0.2, -0.15) is 0 Å². The SMILES string of the molecule is NC(=O)C1=CSCCN1. The maximum absolute atomic E-state index is 10.4. The molecule has 9 heavy (non-hydrogen) atoms. The van der Waals surface area contributed by atoms with Crippen LogP contribution in [0, 0.1) is 0 Å². The third-order valence-corrected chi connectivity index (χ3v) is 1.84. The molecule has 0 aromatic heterocycles. The molecule has 0 radical (unpaired) electrons. The van der Waals surface area contributed by atoms with E-state index in [1.54, 1.807) is 17.2 Å². The summed E-state index contributed by atoms with van der Waals surface area (Å²) < 4.78 is 0. The first-order chi connectivity index (χ1) is 4.30. The quantitative estimate of drug-likeness (QED) is 0.529. The summed E-state index contributed by atoms with van der Waals surface area (Å²) in [5, 5.41) is 4.64. The van der Waals surface area contributed by atoms with Crippen LogP contribution in [0.2, 0.25) is 0 Å². The first kappa shape index (κ1) is 6.48. The van der Waals surface area contributed by atoms with Crippen LogP contribution in [0.25, 0.3) is 0 Å². The number of nitrogens with one attached hydrogen (secondary N) is 1. The minimum Gasteiger partial charge on any atom is -0.379 e. The van der Waals surface area contributed by atoms with E-state index in [4.69, 9.17) is 5.73 Å². The Morgan fingerprint density at radius 2 is 2.67 bits per heavy atom. The lowest BCUT2D eigenvalue weighted by Crippen LogP contribution is -2.29. The van der Waals surface area contributed by atoms with Crippen molar-refractivity contribution in [3.63, 3.8) is 0 Å². The van der Waals surface area contributed by atoms with Crippen LogP contribution in [-0.2, 0) is 4.79 Å². The molecule has 0 fully saturated rings. The fourth-order valence-electron chi connectivity index (χ4n) is 0.574. The first-order valence-corrected chi connectivity index (χ1v) is 3.71. The maximum atomic E-state index is 10.4. The van der Waals surface area contributed by atoms with Crippen molar-refractivity contribution in [2.24, 2.45) is 5.73 Å². The third kappa shape index (κ3) is 1.64. The van der Waals surface area contributed by atoms with Crippen LogP contribution in [-0.4, -0.2) is 18.2 Å². The molecule has 0 aromatic rings. The number of thioether (sulfide) groups is 1. The average Bonchev–Trinajstić information content (AvgIpc) is 1.90. The van der Waals surface area contributed by atoms with Gasteiger partial charge in [-0.05, 0) is 5.41 Å². The number of rotatable bonds is 1. The van der Waals surface area contributed by atoms with Crippen molar-refractivity contribution in [2.75, 3.05) is 12.3 Å². The Morgan fingerprint density at radius 3 is 3.00 bits per heavy atom. The normalized spacial score (nSPS) is 18.0. The van der Waals surface area contributed by atoms with Gasteiger partial charge in [0, 0.05) is 12.3 Å². The van der Waals surface area contributed by atoms with Crippen molar-refractivity contribution in [1.29, 1.82) is 0 Å². The molecule has 0 saturated carbocycles. The minimum atomic E-state index is -0.373. The Hall–Kier alpha value is -0.640. The maximum Gasteiger partial charge on any atom is 0.265 e. The summed E-state index contributed by atoms with van der Waals surface area (Å²) >= 11 is 1.61. The van der Waals surface area contributed by atoms with Crippen LogP contribution >= 0.6 is 11.8 Å². The zero-order valence-electron chi connectivity index (χ0n) is 4.89. The molecule has 50 valence electrons. The monoisotopic (exact) mass is 144 g/mol. The zero-order chi connectivity index (χ0) is 6.69. The number of nitrogens with two attached hydrogens (primary N) is 1. The van der Waals surface area contributed by atoms with Gasteiger partial charge >= 0.3 is 0 Å². The van der Waals surface area contributed by atoms with E-state index >= 15 is 0 Å². The van der Waals surface area contributed by atoms with E-state index in [0.717, 1.165) is 12.3 Å². The minimum absolute atomic E-state index is 0.373. The van der Waals surface area contributed by atoms with Gasteiger partial charge in [-0.3, -0.25) is 4.79 Å². The standard InChI is InChI=1S/C5H8N2OS/c6-5(8)4-3-9-2-1-7-4/h3,7H,1-2H2,(H2,6,8). The van der Waals surface area contributed by atoms with Gasteiger partial charge in [-0.25, -0.2) is 0 Å². The molecule has 3 N–H and O–H groups in total. The molecule has 0 aromatic carbocycles. The highest BCUT2D eigenvalue weighted by molar-refractivity contribution is 8.02. The second kappa shape index (κ2) is 2.77. The van der Waals surface area contributed by atoms with Crippen molar-refractivity contribution in [1.82, 2.24) is 5.32 Å². The zero-order valence-corrected chi connectivity index (χ0v) is 5.70. The number of primary amides is 1. The van der Waals surface area contributed by atoms with Crippen LogP contribution in [0.1, 0.15) is 0 Å². The van der Waals surface area contributed by atoms with Gasteiger partial charge in [0.15, 0.2) is 0 Å². The first-order valence-electron chi connectivity index (χ1n) is 2.66. The van der Waals surface area contributed by atoms with E-state index < -0.39 is 0 Å². The molecule has 1 aliphatic rings. The molecule has 1 rings (SSSR count). The molecule has 0 bridgehead atoms. The van der Waals surface area contributed by atoms with Gasteiger partial charge in [0.2, 0.25) is 0 Å². The molecule has 1 heterocycles. The highest BCUT2D eigenvalue weighted by Gasteiger charge is 2.06. The Balaban J connectivity index is 2.57. The second-order valence-corrected chi connectivity index (χ2v) is 2.67. The summed E-state index contributed by atoms with van der Waals surface area (Å²) in [5.41, 5.74) is 5.52. The van der Waals surface area contributed by atoms with E-state index in [2.05, 4.69) is 5.32 Å². The number of hydrogen-bond acceptors (Lipinski definition) is 3. The van der Waals surface area contributed by atoms with Crippen LogP contribution < -0.4 is 11.1 Å². The summed E-state index contributed by atoms with van der Waals surface area (Å²) in [6, 6.07) is 0. The van der Waals surface area contributed by atoms with Crippen LogP contribution in [0.15, 0.2) is 11.1 Å². The Bertz CT molecular complexity index is 155. The van der Waals surface area contributed by atoms with E-state index in [1.807, 2.05) is 0 Å². The van der Waals surface area contributed by atoms with Gasteiger partial charge in [0.25, 0.3) is 5.91 Å². The lowest BCUT2D eigenvalue weighted by molar-refractivity contribution is -0.114. The summed E-state index contributed by atoms with van der Waals surface area (Å²) in [6.45, 7) is 0.833. The van der Waals surface area contributed by atoms with E-state index in [0.29, 0.717) is 5.70 Å². The van der Waals surface area contributed by atoms with Gasteiger partial charge in [-0.15, -0.1) is 11.8 Å². The fraction of sp³-hybridized carbons (Fsp3) is 0.400. The summed E-state index contributed by atoms with van der Waals surface area (Å²) in [5.74, 6) is 0.638. The highest BCUT2D eigenvalue weighted by atomic mass is 32.2. The molecule has 1 aliphatic heterocycles.